The Bertz CT molecular complexity index is 770. The normalized spacial score (nSPS) is 18.1. The predicted molar refractivity (Wildman–Crippen MR) is 92.6 cm³/mol. The van der Waals surface area contributed by atoms with Crippen LogP contribution in [0.5, 0.6) is 0 Å². The SMILES string of the molecule is c1ccc(Cc2nnc(C3CCN(Cc4ccccc4)C3)o2)cc1. The summed E-state index contributed by atoms with van der Waals surface area (Å²) in [6.07, 6.45) is 1.79. The maximum Gasteiger partial charge on any atom is 0.220 e. The van der Waals surface area contributed by atoms with Crippen molar-refractivity contribution in [1.29, 1.82) is 0 Å². The maximum absolute atomic E-state index is 5.92. The first-order valence-electron chi connectivity index (χ1n) is 8.49. The van der Waals surface area contributed by atoms with E-state index in [1.165, 1.54) is 11.1 Å². The number of nitrogens with zero attached hydrogens (tertiary/aromatic N) is 3. The van der Waals surface area contributed by atoms with Crippen molar-refractivity contribution in [2.75, 3.05) is 13.1 Å². The van der Waals surface area contributed by atoms with Crippen molar-refractivity contribution in [2.45, 2.75) is 25.3 Å². The molecule has 2 heterocycles. The lowest BCUT2D eigenvalue weighted by atomic mass is 10.1. The van der Waals surface area contributed by atoms with E-state index in [4.69, 9.17) is 4.42 Å². The number of benzene rings is 2. The highest BCUT2D eigenvalue weighted by Crippen LogP contribution is 2.27. The zero-order valence-electron chi connectivity index (χ0n) is 13.6. The average Bonchev–Trinajstić information content (AvgIpc) is 3.26. The van der Waals surface area contributed by atoms with Gasteiger partial charge in [0.05, 0.1) is 12.3 Å². The fourth-order valence-corrected chi connectivity index (χ4v) is 3.29. The van der Waals surface area contributed by atoms with Gasteiger partial charge in [0.25, 0.3) is 0 Å². The van der Waals surface area contributed by atoms with Gasteiger partial charge in [0.2, 0.25) is 11.8 Å². The van der Waals surface area contributed by atoms with E-state index in [1.54, 1.807) is 0 Å². The summed E-state index contributed by atoms with van der Waals surface area (Å²) in [7, 11) is 0. The molecule has 1 atom stereocenters. The molecule has 0 aliphatic carbocycles. The molecule has 1 aliphatic heterocycles. The zero-order chi connectivity index (χ0) is 16.2. The van der Waals surface area contributed by atoms with E-state index < -0.39 is 0 Å². The highest BCUT2D eigenvalue weighted by molar-refractivity contribution is 5.18. The molecule has 1 aromatic heterocycles. The Balaban J connectivity index is 1.37. The highest BCUT2D eigenvalue weighted by Gasteiger charge is 2.28. The summed E-state index contributed by atoms with van der Waals surface area (Å²) in [5.41, 5.74) is 2.55. The second-order valence-electron chi connectivity index (χ2n) is 6.40. The smallest absolute Gasteiger partial charge is 0.220 e. The Hall–Kier alpha value is -2.46. The van der Waals surface area contributed by atoms with Gasteiger partial charge in [0.1, 0.15) is 0 Å². The van der Waals surface area contributed by atoms with Gasteiger partial charge < -0.3 is 4.42 Å². The molecule has 0 amide bonds. The number of hydrogen-bond acceptors (Lipinski definition) is 4. The molecular weight excluding hydrogens is 298 g/mol. The van der Waals surface area contributed by atoms with Gasteiger partial charge in [0.15, 0.2) is 0 Å². The first-order valence-corrected chi connectivity index (χ1v) is 8.49. The molecule has 1 aliphatic rings. The Labute approximate surface area is 142 Å². The van der Waals surface area contributed by atoms with Crippen LogP contribution in [0.25, 0.3) is 0 Å². The fourth-order valence-electron chi connectivity index (χ4n) is 3.29. The number of aromatic nitrogens is 2. The van der Waals surface area contributed by atoms with Crippen LogP contribution in [0.2, 0.25) is 0 Å². The minimum Gasteiger partial charge on any atom is -0.425 e. The minimum absolute atomic E-state index is 0.353. The quantitative estimate of drug-likeness (QED) is 0.720. The summed E-state index contributed by atoms with van der Waals surface area (Å²) < 4.78 is 5.92. The predicted octanol–water partition coefficient (Wildman–Crippen LogP) is 3.65. The van der Waals surface area contributed by atoms with Crippen molar-refractivity contribution in [3.05, 3.63) is 83.6 Å². The van der Waals surface area contributed by atoms with Gasteiger partial charge in [-0.2, -0.15) is 0 Å². The molecule has 0 saturated carbocycles. The van der Waals surface area contributed by atoms with Gasteiger partial charge in [-0.1, -0.05) is 60.7 Å². The van der Waals surface area contributed by atoms with Crippen molar-refractivity contribution < 1.29 is 4.42 Å². The van der Waals surface area contributed by atoms with Gasteiger partial charge in [-0.3, -0.25) is 4.90 Å². The first kappa shape index (κ1) is 15.1. The van der Waals surface area contributed by atoms with E-state index in [-0.39, 0.29) is 0 Å². The van der Waals surface area contributed by atoms with Crippen molar-refractivity contribution in [1.82, 2.24) is 15.1 Å². The monoisotopic (exact) mass is 319 g/mol. The van der Waals surface area contributed by atoms with Crippen LogP contribution in [-0.4, -0.2) is 28.2 Å². The third kappa shape index (κ3) is 3.54. The van der Waals surface area contributed by atoms with Gasteiger partial charge in [-0.15, -0.1) is 10.2 Å². The third-order valence-electron chi connectivity index (χ3n) is 4.55. The summed E-state index contributed by atoms with van der Waals surface area (Å²) in [6, 6.07) is 20.9. The molecule has 0 bridgehead atoms. The molecule has 1 fully saturated rings. The van der Waals surface area contributed by atoms with Crippen LogP contribution < -0.4 is 0 Å². The molecule has 4 nitrogen and oxygen atoms in total. The molecule has 4 heteroatoms. The van der Waals surface area contributed by atoms with Crippen molar-refractivity contribution >= 4 is 0 Å². The topological polar surface area (TPSA) is 42.2 Å². The van der Waals surface area contributed by atoms with Gasteiger partial charge in [-0.25, -0.2) is 0 Å². The lowest BCUT2D eigenvalue weighted by Crippen LogP contribution is -2.19. The second-order valence-corrected chi connectivity index (χ2v) is 6.40. The van der Waals surface area contributed by atoms with Gasteiger partial charge in [0, 0.05) is 13.1 Å². The van der Waals surface area contributed by atoms with E-state index >= 15 is 0 Å². The Morgan fingerprint density at radius 3 is 2.38 bits per heavy atom. The fraction of sp³-hybridized carbons (Fsp3) is 0.300. The number of hydrogen-bond donors (Lipinski definition) is 0. The molecule has 0 N–H and O–H groups in total. The lowest BCUT2D eigenvalue weighted by Gasteiger charge is -2.14. The summed E-state index contributed by atoms with van der Waals surface area (Å²) in [5, 5.41) is 8.52. The molecule has 2 aromatic carbocycles. The minimum atomic E-state index is 0.353. The van der Waals surface area contributed by atoms with Crippen LogP contribution >= 0.6 is 0 Å². The molecule has 1 unspecified atom stereocenters. The number of rotatable bonds is 5. The van der Waals surface area contributed by atoms with E-state index in [1.807, 2.05) is 18.2 Å². The first-order chi connectivity index (χ1) is 11.9. The highest BCUT2D eigenvalue weighted by atomic mass is 16.4. The van der Waals surface area contributed by atoms with Gasteiger partial charge >= 0.3 is 0 Å². The van der Waals surface area contributed by atoms with Crippen LogP contribution in [0.3, 0.4) is 0 Å². The maximum atomic E-state index is 5.92. The Morgan fingerprint density at radius 2 is 1.62 bits per heavy atom. The molecular formula is C20H21N3O. The molecule has 3 aromatic rings. The summed E-state index contributed by atoms with van der Waals surface area (Å²) in [6.45, 7) is 3.06. The zero-order valence-corrected chi connectivity index (χ0v) is 13.6. The molecule has 0 radical (unpaired) electrons. The second kappa shape index (κ2) is 6.97. The van der Waals surface area contributed by atoms with E-state index in [9.17, 15) is 0 Å². The molecule has 24 heavy (non-hydrogen) atoms. The van der Waals surface area contributed by atoms with E-state index in [0.29, 0.717) is 18.2 Å². The van der Waals surface area contributed by atoms with Crippen LogP contribution in [0.1, 0.15) is 35.2 Å². The molecule has 122 valence electrons. The van der Waals surface area contributed by atoms with Crippen LogP contribution in [0.4, 0.5) is 0 Å². The van der Waals surface area contributed by atoms with E-state index in [2.05, 4.69) is 57.6 Å². The Morgan fingerprint density at radius 1 is 0.917 bits per heavy atom. The summed E-state index contributed by atoms with van der Waals surface area (Å²) in [5.74, 6) is 1.85. The molecule has 0 spiro atoms. The largest absolute Gasteiger partial charge is 0.425 e. The Kier molecular flexibility index (Phi) is 4.38. The number of likely N-dealkylation sites (tertiary alicyclic amines) is 1. The lowest BCUT2D eigenvalue weighted by molar-refractivity contribution is 0.318. The third-order valence-corrected chi connectivity index (χ3v) is 4.55. The standard InChI is InChI=1S/C20H21N3O/c1-3-7-16(8-4-1)13-19-21-22-20(24-19)18-11-12-23(15-18)14-17-9-5-2-6-10-17/h1-10,18H,11-15H2. The van der Waals surface area contributed by atoms with Gasteiger partial charge in [-0.05, 0) is 24.1 Å². The molecule has 4 rings (SSSR count). The summed E-state index contributed by atoms with van der Waals surface area (Å²) in [4.78, 5) is 2.46. The van der Waals surface area contributed by atoms with Crippen molar-refractivity contribution in [2.24, 2.45) is 0 Å². The van der Waals surface area contributed by atoms with Crippen LogP contribution in [-0.2, 0) is 13.0 Å². The van der Waals surface area contributed by atoms with Crippen molar-refractivity contribution in [3.8, 4) is 0 Å². The van der Waals surface area contributed by atoms with E-state index in [0.717, 1.165) is 31.9 Å². The average molecular weight is 319 g/mol. The van der Waals surface area contributed by atoms with Crippen LogP contribution in [0.15, 0.2) is 65.1 Å². The molecule has 1 saturated heterocycles. The van der Waals surface area contributed by atoms with Crippen molar-refractivity contribution in [3.63, 3.8) is 0 Å². The summed E-state index contributed by atoms with van der Waals surface area (Å²) >= 11 is 0. The van der Waals surface area contributed by atoms with Crippen LogP contribution in [0, 0.1) is 0 Å².